The van der Waals surface area contributed by atoms with Crippen LogP contribution in [0.3, 0.4) is 0 Å². The number of nitrogens with two attached hydrogens (primary N) is 1. The van der Waals surface area contributed by atoms with Crippen molar-refractivity contribution in [1.82, 2.24) is 10.6 Å². The number of carbonyl (C=O) groups is 2. The number of carbonyl (C=O) groups excluding carboxylic acids is 2. The molecular weight excluding hydrogens is 242 g/mol. The standard InChI is InChI=1S/C11H21N3O2.ClH/c1-10(2,3)8(15)13-6-7-14-9(16)11(12)4-5-11;/h4-7,12H2,1-3H3,(H,13,15)(H,14,16);1H. The average molecular weight is 264 g/mol. The largest absolute Gasteiger partial charge is 0.354 e. The van der Waals surface area contributed by atoms with E-state index in [0.717, 1.165) is 12.8 Å². The van der Waals surface area contributed by atoms with Gasteiger partial charge in [-0.2, -0.15) is 0 Å². The van der Waals surface area contributed by atoms with Gasteiger partial charge in [-0.15, -0.1) is 12.4 Å². The molecule has 1 rings (SSSR count). The molecule has 0 aliphatic heterocycles. The first kappa shape index (κ1) is 16.2. The Kier molecular flexibility index (Phi) is 5.42. The molecule has 2 amide bonds. The summed E-state index contributed by atoms with van der Waals surface area (Å²) in [5.41, 5.74) is 4.68. The summed E-state index contributed by atoms with van der Waals surface area (Å²) in [5, 5.41) is 5.47. The number of amides is 2. The van der Waals surface area contributed by atoms with Gasteiger partial charge in [-0.05, 0) is 12.8 Å². The highest BCUT2D eigenvalue weighted by Gasteiger charge is 2.45. The van der Waals surface area contributed by atoms with Gasteiger partial charge >= 0.3 is 0 Å². The van der Waals surface area contributed by atoms with Crippen molar-refractivity contribution in [3.63, 3.8) is 0 Å². The van der Waals surface area contributed by atoms with Crippen LogP contribution in [0.15, 0.2) is 0 Å². The lowest BCUT2D eigenvalue weighted by atomic mass is 9.96. The quantitative estimate of drug-likeness (QED) is 0.633. The van der Waals surface area contributed by atoms with Crippen LogP contribution in [0.1, 0.15) is 33.6 Å². The Balaban J connectivity index is 0.00000256. The van der Waals surface area contributed by atoms with Gasteiger partial charge in [0.05, 0.1) is 5.54 Å². The van der Waals surface area contributed by atoms with Crippen LogP contribution >= 0.6 is 12.4 Å². The molecule has 4 N–H and O–H groups in total. The van der Waals surface area contributed by atoms with E-state index in [9.17, 15) is 9.59 Å². The molecule has 6 heteroatoms. The molecule has 0 heterocycles. The zero-order chi connectivity index (χ0) is 12.4. The number of hydrogen-bond donors (Lipinski definition) is 3. The van der Waals surface area contributed by atoms with Gasteiger partial charge in [0.25, 0.3) is 0 Å². The minimum absolute atomic E-state index is 0. The van der Waals surface area contributed by atoms with E-state index in [-0.39, 0.29) is 24.2 Å². The van der Waals surface area contributed by atoms with Gasteiger partial charge in [0, 0.05) is 18.5 Å². The Morgan fingerprint density at radius 3 is 2.06 bits per heavy atom. The van der Waals surface area contributed by atoms with Gasteiger partial charge in [-0.25, -0.2) is 0 Å². The molecule has 0 aromatic rings. The van der Waals surface area contributed by atoms with Crippen molar-refractivity contribution in [1.29, 1.82) is 0 Å². The van der Waals surface area contributed by atoms with Gasteiger partial charge in [0.1, 0.15) is 0 Å². The van der Waals surface area contributed by atoms with Gasteiger partial charge in [-0.1, -0.05) is 20.8 Å². The minimum atomic E-state index is -0.631. The second kappa shape index (κ2) is 5.69. The zero-order valence-electron chi connectivity index (χ0n) is 10.6. The molecule has 1 aliphatic rings. The molecule has 0 spiro atoms. The van der Waals surface area contributed by atoms with Crippen LogP contribution < -0.4 is 16.4 Å². The van der Waals surface area contributed by atoms with E-state index in [2.05, 4.69) is 10.6 Å². The van der Waals surface area contributed by atoms with Crippen LogP contribution in [0.2, 0.25) is 0 Å². The summed E-state index contributed by atoms with van der Waals surface area (Å²) in [6, 6.07) is 0. The van der Waals surface area contributed by atoms with Crippen LogP contribution in [-0.2, 0) is 9.59 Å². The van der Waals surface area contributed by atoms with Gasteiger partial charge in [0.2, 0.25) is 11.8 Å². The lowest BCUT2D eigenvalue weighted by Crippen LogP contribution is -2.46. The Morgan fingerprint density at radius 2 is 1.65 bits per heavy atom. The van der Waals surface area contributed by atoms with Crippen LogP contribution in [0.5, 0.6) is 0 Å². The molecule has 0 atom stereocenters. The topological polar surface area (TPSA) is 84.2 Å². The lowest BCUT2D eigenvalue weighted by Gasteiger charge is -2.18. The highest BCUT2D eigenvalue weighted by atomic mass is 35.5. The molecule has 0 saturated heterocycles. The Bertz CT molecular complexity index is 276. The van der Waals surface area contributed by atoms with Crippen molar-refractivity contribution in [2.24, 2.45) is 11.1 Å². The van der Waals surface area contributed by atoms with E-state index in [0.29, 0.717) is 13.1 Å². The third kappa shape index (κ3) is 4.91. The Morgan fingerprint density at radius 1 is 1.18 bits per heavy atom. The maximum absolute atomic E-state index is 11.5. The predicted molar refractivity (Wildman–Crippen MR) is 68.9 cm³/mol. The molecule has 100 valence electrons. The molecule has 0 aromatic carbocycles. The summed E-state index contributed by atoms with van der Waals surface area (Å²) in [6.07, 6.45) is 1.51. The van der Waals surface area contributed by atoms with E-state index < -0.39 is 11.0 Å². The number of nitrogens with one attached hydrogen (secondary N) is 2. The van der Waals surface area contributed by atoms with Crippen molar-refractivity contribution in [2.75, 3.05) is 13.1 Å². The van der Waals surface area contributed by atoms with Crippen LogP contribution in [0.4, 0.5) is 0 Å². The maximum atomic E-state index is 11.5. The maximum Gasteiger partial charge on any atom is 0.240 e. The van der Waals surface area contributed by atoms with Crippen molar-refractivity contribution >= 4 is 24.2 Å². The molecule has 1 fully saturated rings. The SMILES string of the molecule is CC(C)(C)C(=O)NCCNC(=O)C1(N)CC1.Cl. The number of halogens is 1. The fourth-order valence-corrected chi connectivity index (χ4v) is 1.15. The molecule has 0 bridgehead atoms. The van der Waals surface area contributed by atoms with Crippen LogP contribution in [0, 0.1) is 5.41 Å². The molecule has 0 aromatic heterocycles. The molecule has 0 radical (unpaired) electrons. The third-order valence-electron chi connectivity index (χ3n) is 2.62. The fraction of sp³-hybridized carbons (Fsp3) is 0.818. The predicted octanol–water partition coefficient (Wildman–Crippen LogP) is 0.178. The van der Waals surface area contributed by atoms with Crippen molar-refractivity contribution in [3.8, 4) is 0 Å². The molecule has 0 unspecified atom stereocenters. The minimum Gasteiger partial charge on any atom is -0.354 e. The van der Waals surface area contributed by atoms with E-state index in [1.807, 2.05) is 20.8 Å². The monoisotopic (exact) mass is 263 g/mol. The summed E-state index contributed by atoms with van der Waals surface area (Å²) in [7, 11) is 0. The van der Waals surface area contributed by atoms with Crippen LogP contribution in [0.25, 0.3) is 0 Å². The highest BCUT2D eigenvalue weighted by molar-refractivity contribution is 5.89. The molecule has 5 nitrogen and oxygen atoms in total. The summed E-state index contributed by atoms with van der Waals surface area (Å²) in [6.45, 7) is 6.41. The zero-order valence-corrected chi connectivity index (χ0v) is 11.4. The van der Waals surface area contributed by atoms with Gasteiger partial charge in [-0.3, -0.25) is 9.59 Å². The Labute approximate surface area is 108 Å². The third-order valence-corrected chi connectivity index (χ3v) is 2.62. The average Bonchev–Trinajstić information content (AvgIpc) is 2.90. The lowest BCUT2D eigenvalue weighted by molar-refractivity contribution is -0.129. The van der Waals surface area contributed by atoms with Gasteiger partial charge in [0.15, 0.2) is 0 Å². The fourth-order valence-electron chi connectivity index (χ4n) is 1.15. The summed E-state index contributed by atoms with van der Waals surface area (Å²) in [5.74, 6) is -0.131. The summed E-state index contributed by atoms with van der Waals surface area (Å²) in [4.78, 5) is 22.9. The Hall–Kier alpha value is -0.810. The molecule has 1 aliphatic carbocycles. The first-order valence-corrected chi connectivity index (χ1v) is 5.61. The molecule has 1 saturated carbocycles. The molecular formula is C11H22ClN3O2. The molecule has 17 heavy (non-hydrogen) atoms. The van der Waals surface area contributed by atoms with E-state index in [4.69, 9.17) is 5.73 Å². The van der Waals surface area contributed by atoms with E-state index >= 15 is 0 Å². The van der Waals surface area contributed by atoms with Crippen molar-refractivity contribution in [3.05, 3.63) is 0 Å². The smallest absolute Gasteiger partial charge is 0.240 e. The van der Waals surface area contributed by atoms with E-state index in [1.54, 1.807) is 0 Å². The first-order chi connectivity index (χ1) is 7.26. The second-order valence-corrected chi connectivity index (χ2v) is 5.42. The van der Waals surface area contributed by atoms with Crippen molar-refractivity contribution < 1.29 is 9.59 Å². The van der Waals surface area contributed by atoms with Crippen molar-refractivity contribution in [2.45, 2.75) is 39.2 Å². The summed E-state index contributed by atoms with van der Waals surface area (Å²) >= 11 is 0. The number of hydrogen-bond acceptors (Lipinski definition) is 3. The first-order valence-electron chi connectivity index (χ1n) is 5.61. The van der Waals surface area contributed by atoms with Gasteiger partial charge < -0.3 is 16.4 Å². The summed E-state index contributed by atoms with van der Waals surface area (Å²) < 4.78 is 0. The highest BCUT2D eigenvalue weighted by Crippen LogP contribution is 2.31. The number of rotatable bonds is 4. The van der Waals surface area contributed by atoms with E-state index in [1.165, 1.54) is 0 Å². The van der Waals surface area contributed by atoms with Crippen LogP contribution in [-0.4, -0.2) is 30.4 Å². The second-order valence-electron chi connectivity index (χ2n) is 5.42. The normalized spacial score (nSPS) is 16.7.